The number of aliphatic carboxylic acids is 4. The molecule has 44 heteroatoms. The number of hydrogen-bond donors (Lipinski definition) is 8. The molecule has 0 aliphatic rings. The second-order valence-corrected chi connectivity index (χ2v) is 33.2. The number of halogens is 8. The van der Waals surface area contributed by atoms with Crippen molar-refractivity contribution in [3.8, 4) is 67.5 Å². The van der Waals surface area contributed by atoms with Gasteiger partial charge in [0.2, 0.25) is 23.6 Å². The first kappa shape index (κ1) is 112. The predicted octanol–water partition coefficient (Wildman–Crippen LogP) is 17.7. The molecule has 0 aromatic heterocycles. The Morgan fingerprint density at radius 2 is 0.500 bits per heavy atom. The Bertz CT molecular complexity index is 5890. The molecule has 0 aliphatic heterocycles. The summed E-state index contributed by atoms with van der Waals surface area (Å²) >= 11 is 1.91. The quantitative estimate of drug-likeness (QED) is 0.0105. The Morgan fingerprint density at radius 3 is 0.693 bits per heavy atom. The van der Waals surface area contributed by atoms with Gasteiger partial charge in [0.1, 0.15) is 129 Å². The molecule has 10 rings (SSSR count). The fourth-order valence-electron chi connectivity index (χ4n) is 11.6. The minimum absolute atomic E-state index is 0.00497. The van der Waals surface area contributed by atoms with Crippen LogP contribution in [-0.4, -0.2) is 172 Å². The van der Waals surface area contributed by atoms with Gasteiger partial charge in [0.05, 0.1) is 12.2 Å². The van der Waals surface area contributed by atoms with Crippen LogP contribution in [0.2, 0.25) is 0 Å². The molecule has 0 saturated heterocycles. The molecule has 4 atom stereocenters. The third kappa shape index (κ3) is 36.6. The van der Waals surface area contributed by atoms with Crippen LogP contribution in [-0.2, 0) is 70.5 Å². The van der Waals surface area contributed by atoms with E-state index in [9.17, 15) is 122 Å². The van der Waals surface area contributed by atoms with E-state index in [1.54, 1.807) is 88.4 Å². The molecule has 0 heterocycles. The Kier molecular flexibility index (Phi) is 43.4. The number of thioether (sulfide) groups is 4. The van der Waals surface area contributed by atoms with Crippen LogP contribution in [0.3, 0.4) is 0 Å². The SMILES string of the molecule is CC(=O)NC(CSC(=O)Oc1ccc(-c2ccc(F)cc2F)cc1C(=O)OCc1ccccc1)C(=O)O.CC(=O)N[C@@H](CSC(=O)Oc1ccc(-c2ccc(F)cc2F)cc1C(=O)OC(C)C)C(=O)O.CC(=O)N[C@H](CSC(=O)Oc1ccc(-c2ccc(F)cc2F)cc1C(=O)OC(C)C)C(=O)O.CC(=O)N[C@H](CSC(=O)Oc1ccc(-c2ccc(F)cc2F)cc1C(=O)OCc1ccccc1)C(=O)O. The van der Waals surface area contributed by atoms with Crippen LogP contribution in [0, 0.1) is 46.5 Å². The van der Waals surface area contributed by atoms with Crippen molar-refractivity contribution in [3.63, 3.8) is 0 Å². The molecule has 1 unspecified atom stereocenters. The zero-order chi connectivity index (χ0) is 103. The number of rotatable bonds is 34. The van der Waals surface area contributed by atoms with Gasteiger partial charge in [-0.05, 0) is 205 Å². The zero-order valence-electron chi connectivity index (χ0n) is 74.6. The van der Waals surface area contributed by atoms with E-state index in [-0.39, 0.29) is 126 Å². The van der Waals surface area contributed by atoms with Crippen molar-refractivity contribution < 1.29 is 170 Å². The van der Waals surface area contributed by atoms with Crippen molar-refractivity contribution in [3.05, 3.63) is 286 Å². The van der Waals surface area contributed by atoms with E-state index in [1.807, 2.05) is 0 Å². The van der Waals surface area contributed by atoms with Gasteiger partial charge in [-0.1, -0.05) is 84.9 Å². The van der Waals surface area contributed by atoms with Crippen molar-refractivity contribution >= 4 is 140 Å². The van der Waals surface area contributed by atoms with E-state index < -0.39 is 176 Å². The molecule has 736 valence electrons. The summed E-state index contributed by atoms with van der Waals surface area (Å²) in [5.41, 5.74) is 1.49. The first-order valence-electron chi connectivity index (χ1n) is 40.8. The summed E-state index contributed by atoms with van der Waals surface area (Å²) in [6.07, 6.45) is -1.01. The van der Waals surface area contributed by atoms with Crippen molar-refractivity contribution in [1.82, 2.24) is 21.3 Å². The molecule has 0 saturated carbocycles. The summed E-state index contributed by atoms with van der Waals surface area (Å²) in [4.78, 5) is 190. The Balaban J connectivity index is 0.000000254. The van der Waals surface area contributed by atoms with Crippen molar-refractivity contribution in [1.29, 1.82) is 0 Å². The number of carboxylic acids is 4. The first-order valence-corrected chi connectivity index (χ1v) is 44.8. The number of esters is 4. The number of carbonyl (C=O) groups is 16. The van der Waals surface area contributed by atoms with E-state index in [0.717, 1.165) is 52.0 Å². The monoisotopic (exact) mass is 2020 g/mol. The number of ether oxygens (including phenoxy) is 8. The number of carbonyl (C=O) groups excluding carboxylic acids is 12. The highest BCUT2D eigenvalue weighted by molar-refractivity contribution is 8.14. The lowest BCUT2D eigenvalue weighted by Gasteiger charge is -2.15. The number of carboxylic acid groups (broad SMARTS) is 4. The van der Waals surface area contributed by atoms with E-state index in [4.69, 9.17) is 48.1 Å². The van der Waals surface area contributed by atoms with Gasteiger partial charge in [-0.25, -0.2) is 92.7 Å². The van der Waals surface area contributed by atoms with Gasteiger partial charge in [0.25, 0.3) is 0 Å². The predicted molar refractivity (Wildman–Crippen MR) is 494 cm³/mol. The smallest absolute Gasteiger partial charge is 0.372 e. The average Bonchev–Trinajstić information content (AvgIpc) is 0.816. The lowest BCUT2D eigenvalue weighted by atomic mass is 10.0. The van der Waals surface area contributed by atoms with Crippen LogP contribution in [0.15, 0.2) is 206 Å². The molecule has 32 nitrogen and oxygen atoms in total. The van der Waals surface area contributed by atoms with Crippen LogP contribution in [0.1, 0.15) is 108 Å². The second-order valence-electron chi connectivity index (χ2n) is 29.4. The van der Waals surface area contributed by atoms with E-state index in [2.05, 4.69) is 21.3 Å². The van der Waals surface area contributed by atoms with E-state index in [0.29, 0.717) is 82.4 Å². The number of hydrogen-bond acceptors (Lipinski definition) is 28. The molecule has 10 aromatic carbocycles. The van der Waals surface area contributed by atoms with Gasteiger partial charge in [-0.15, -0.1) is 0 Å². The van der Waals surface area contributed by atoms with Crippen molar-refractivity contribution in [2.45, 2.75) is 105 Å². The highest BCUT2D eigenvalue weighted by Gasteiger charge is 2.31. The molecule has 0 radical (unpaired) electrons. The molecular formula is C96H84F8N4O28S4. The molecule has 8 N–H and O–H groups in total. The summed E-state index contributed by atoms with van der Waals surface area (Å²) < 4.78 is 152. The van der Waals surface area contributed by atoms with Crippen molar-refractivity contribution in [2.75, 3.05) is 23.0 Å². The highest BCUT2D eigenvalue weighted by Crippen LogP contribution is 2.37. The fraction of sp³-hybridized carbons (Fsp3) is 0.208. The van der Waals surface area contributed by atoms with Gasteiger partial charge < -0.3 is 79.6 Å². The number of nitrogens with one attached hydrogen (secondary N) is 4. The maximum Gasteiger partial charge on any atom is 0.372 e. The third-order valence-corrected chi connectivity index (χ3v) is 21.1. The van der Waals surface area contributed by atoms with Gasteiger partial charge >= 0.3 is 69.0 Å². The molecule has 0 spiro atoms. The Labute approximate surface area is 808 Å². The van der Waals surface area contributed by atoms with Gasteiger partial charge in [0.15, 0.2) is 0 Å². The summed E-state index contributed by atoms with van der Waals surface area (Å²) in [5, 5.41) is 41.5. The summed E-state index contributed by atoms with van der Waals surface area (Å²) in [6.45, 7) is 10.8. The highest BCUT2D eigenvalue weighted by atomic mass is 32.2. The lowest BCUT2D eigenvalue weighted by molar-refractivity contribution is -0.141. The molecule has 0 bridgehead atoms. The minimum Gasteiger partial charge on any atom is -0.480 e. The van der Waals surface area contributed by atoms with Gasteiger partial charge in [-0.2, -0.15) is 0 Å². The topological polar surface area (TPSA) is 476 Å². The third-order valence-electron chi connectivity index (χ3n) is 17.8. The van der Waals surface area contributed by atoms with Gasteiger partial charge in [-0.3, -0.25) is 19.2 Å². The van der Waals surface area contributed by atoms with Crippen LogP contribution in [0.25, 0.3) is 44.5 Å². The maximum absolute atomic E-state index is 14.4. The van der Waals surface area contributed by atoms with E-state index in [1.165, 1.54) is 97.1 Å². The molecule has 0 aliphatic carbocycles. The zero-order valence-corrected chi connectivity index (χ0v) is 77.8. The largest absolute Gasteiger partial charge is 0.480 e. The Hall–Kier alpha value is -15.4. The van der Waals surface area contributed by atoms with Gasteiger partial charge in [0, 0.05) is 97.2 Å². The average molecular weight is 2020 g/mol. The second kappa shape index (κ2) is 54.5. The van der Waals surface area contributed by atoms with Crippen LogP contribution < -0.4 is 40.2 Å². The molecule has 140 heavy (non-hydrogen) atoms. The molecule has 4 amide bonds. The lowest BCUT2D eigenvalue weighted by Crippen LogP contribution is -2.41. The summed E-state index contributed by atoms with van der Waals surface area (Å²) in [7, 11) is 0. The van der Waals surface area contributed by atoms with Crippen molar-refractivity contribution in [2.24, 2.45) is 0 Å². The molecular weight excluding hydrogens is 1940 g/mol. The standard InChI is InChI=1S/2C26H21F2NO7S.2C22H21F2NO7S/c2*1-15(30)29-22(24(31)32)14-37-26(34)36-23-10-7-17(19-9-8-18(27)12-21(19)28)11-20(23)25(33)35-13-16-5-3-2-4-6-16;2*1-11(2)31-21(29)16-8-13(15-6-5-14(23)9-17(15)24)4-7-19(16)32-22(30)33-10-18(20(27)28)25-12(3)26/h2*2-12,22H,13-14H2,1H3,(H,29,30)(H,31,32);2*4-9,11,18H,10H2,1-3H3,(H,25,26)(H,27,28)/t22-;;2*18-/m1.10/s1. The fourth-order valence-corrected chi connectivity index (χ4v) is 14.3. The van der Waals surface area contributed by atoms with Crippen LogP contribution in [0.4, 0.5) is 54.3 Å². The number of benzene rings is 10. The molecule has 0 fully saturated rings. The first-order chi connectivity index (χ1) is 66.2. The summed E-state index contributed by atoms with van der Waals surface area (Å²) in [6, 6.07) is 39.5. The minimum atomic E-state index is -1.34. The summed E-state index contributed by atoms with van der Waals surface area (Å²) in [5.74, 6) is -19.8. The molecule has 10 aromatic rings. The maximum atomic E-state index is 14.4. The number of amides is 4. The normalized spacial score (nSPS) is 11.4. The van der Waals surface area contributed by atoms with E-state index >= 15 is 0 Å². The van der Waals surface area contributed by atoms with Crippen LogP contribution >= 0.6 is 47.0 Å². The van der Waals surface area contributed by atoms with Crippen LogP contribution in [0.5, 0.6) is 23.0 Å². The Morgan fingerprint density at radius 1 is 0.286 bits per heavy atom.